The van der Waals surface area contributed by atoms with Crippen molar-refractivity contribution in [1.29, 1.82) is 0 Å². The molecule has 14 heteroatoms. The standard InChI is InChI=1S/C11H15N4O9P/c1-14-9(18)5-8(13-11(14)19)15(3-12-5)10-6(17)7(4(2-16)23-10)24-25(20,21)22/h3-4,6-7,10,16-17H,2H2,1H3,(H,13,19)(H2,20,21,22)/t4-,6-,7-,10-/m1/s1. The topological polar surface area (TPSA) is 189 Å². The number of imidazole rings is 1. The Balaban J connectivity index is 2.05. The van der Waals surface area contributed by atoms with Gasteiger partial charge in [-0.25, -0.2) is 14.3 Å². The first-order valence-corrected chi connectivity index (χ1v) is 8.51. The molecule has 138 valence electrons. The zero-order valence-electron chi connectivity index (χ0n) is 12.7. The molecule has 0 aliphatic carbocycles. The first-order chi connectivity index (χ1) is 11.6. The fourth-order valence-electron chi connectivity index (χ4n) is 2.66. The summed E-state index contributed by atoms with van der Waals surface area (Å²) in [6.45, 7) is -0.691. The Bertz CT molecular complexity index is 959. The normalized spacial score (nSPS) is 27.2. The van der Waals surface area contributed by atoms with Crippen molar-refractivity contribution in [2.75, 3.05) is 6.61 Å². The van der Waals surface area contributed by atoms with Gasteiger partial charge in [0.05, 0.1) is 12.9 Å². The smallest absolute Gasteiger partial charge is 0.394 e. The van der Waals surface area contributed by atoms with Crippen LogP contribution in [0, 0.1) is 0 Å². The maximum absolute atomic E-state index is 12.0. The molecule has 1 aliphatic heterocycles. The van der Waals surface area contributed by atoms with Crippen LogP contribution in [0.25, 0.3) is 11.2 Å². The number of aliphatic hydroxyl groups excluding tert-OH is 2. The van der Waals surface area contributed by atoms with Gasteiger partial charge in [0.2, 0.25) is 0 Å². The van der Waals surface area contributed by atoms with Crippen LogP contribution in [0.2, 0.25) is 0 Å². The molecule has 1 aliphatic rings. The molecule has 0 bridgehead atoms. The van der Waals surface area contributed by atoms with Crippen LogP contribution in [-0.2, 0) is 20.9 Å². The van der Waals surface area contributed by atoms with E-state index < -0.39 is 50.2 Å². The van der Waals surface area contributed by atoms with Crippen molar-refractivity contribution in [2.45, 2.75) is 24.5 Å². The maximum Gasteiger partial charge on any atom is 0.470 e. The van der Waals surface area contributed by atoms with Gasteiger partial charge in [-0.05, 0) is 0 Å². The van der Waals surface area contributed by atoms with E-state index in [0.717, 1.165) is 15.5 Å². The van der Waals surface area contributed by atoms with Gasteiger partial charge < -0.3 is 24.7 Å². The average molecular weight is 378 g/mol. The Morgan fingerprint density at radius 1 is 1.44 bits per heavy atom. The molecule has 0 amide bonds. The molecule has 3 heterocycles. The SMILES string of the molecule is Cn1c(=O)[nH]c2c(ncn2[C@@H]2O[C@H](CO)[C@@H](OP(=O)(O)O)[C@H]2O)c1=O. The first kappa shape index (κ1) is 17.9. The van der Waals surface area contributed by atoms with E-state index in [4.69, 9.17) is 14.5 Å². The van der Waals surface area contributed by atoms with Gasteiger partial charge in [0.15, 0.2) is 11.7 Å². The zero-order chi connectivity index (χ0) is 18.5. The van der Waals surface area contributed by atoms with Gasteiger partial charge in [-0.1, -0.05) is 0 Å². The second-order valence-electron chi connectivity index (χ2n) is 5.44. The minimum Gasteiger partial charge on any atom is -0.394 e. The molecular weight excluding hydrogens is 363 g/mol. The van der Waals surface area contributed by atoms with E-state index in [1.165, 1.54) is 7.05 Å². The minimum absolute atomic E-state index is 0.0503. The first-order valence-electron chi connectivity index (χ1n) is 6.98. The maximum atomic E-state index is 12.0. The van der Waals surface area contributed by atoms with Crippen LogP contribution in [0.5, 0.6) is 0 Å². The molecule has 3 rings (SSSR count). The molecule has 2 aromatic rings. The second kappa shape index (κ2) is 6.14. The number of rotatable bonds is 4. The highest BCUT2D eigenvalue weighted by molar-refractivity contribution is 7.46. The summed E-state index contributed by atoms with van der Waals surface area (Å²) in [5, 5.41) is 19.6. The second-order valence-corrected chi connectivity index (χ2v) is 6.63. The lowest BCUT2D eigenvalue weighted by atomic mass is 10.1. The van der Waals surface area contributed by atoms with Crippen molar-refractivity contribution in [3.63, 3.8) is 0 Å². The largest absolute Gasteiger partial charge is 0.470 e. The molecule has 0 spiro atoms. The van der Waals surface area contributed by atoms with Crippen molar-refractivity contribution in [3.8, 4) is 0 Å². The highest BCUT2D eigenvalue weighted by Crippen LogP contribution is 2.43. The van der Waals surface area contributed by atoms with Crippen LogP contribution in [0.3, 0.4) is 0 Å². The minimum atomic E-state index is -4.96. The van der Waals surface area contributed by atoms with Crippen LogP contribution in [-0.4, -0.2) is 64.0 Å². The third kappa shape index (κ3) is 3.06. The molecule has 25 heavy (non-hydrogen) atoms. The summed E-state index contributed by atoms with van der Waals surface area (Å²) in [6, 6.07) is 0. The number of ether oxygens (including phenoxy) is 1. The Morgan fingerprint density at radius 2 is 2.12 bits per heavy atom. The molecule has 1 fully saturated rings. The van der Waals surface area contributed by atoms with Gasteiger partial charge >= 0.3 is 13.5 Å². The molecular formula is C11H15N4O9P. The van der Waals surface area contributed by atoms with Crippen LogP contribution >= 0.6 is 7.82 Å². The number of nitrogens with zero attached hydrogens (tertiary/aromatic N) is 3. The predicted octanol–water partition coefficient (Wildman–Crippen LogP) is -2.85. The predicted molar refractivity (Wildman–Crippen MR) is 79.5 cm³/mol. The fraction of sp³-hybridized carbons (Fsp3) is 0.545. The molecule has 1 saturated heterocycles. The number of fused-ring (bicyclic) bond motifs is 1. The van der Waals surface area contributed by atoms with E-state index in [0.29, 0.717) is 0 Å². The number of aromatic nitrogens is 4. The number of aliphatic hydroxyl groups is 2. The van der Waals surface area contributed by atoms with Crippen molar-refractivity contribution in [3.05, 3.63) is 27.2 Å². The summed E-state index contributed by atoms with van der Waals surface area (Å²) < 4.78 is 22.8. The molecule has 4 atom stereocenters. The number of hydrogen-bond donors (Lipinski definition) is 5. The van der Waals surface area contributed by atoms with Gasteiger partial charge in [0.25, 0.3) is 5.56 Å². The van der Waals surface area contributed by atoms with Gasteiger partial charge in [-0.2, -0.15) is 0 Å². The van der Waals surface area contributed by atoms with Gasteiger partial charge in [0.1, 0.15) is 24.0 Å². The third-order valence-corrected chi connectivity index (χ3v) is 4.37. The van der Waals surface area contributed by atoms with Gasteiger partial charge in [0, 0.05) is 7.05 Å². The van der Waals surface area contributed by atoms with Crippen molar-refractivity contribution < 1.29 is 33.8 Å². The summed E-state index contributed by atoms with van der Waals surface area (Å²) in [5.41, 5.74) is -1.55. The Kier molecular flexibility index (Phi) is 4.41. The highest BCUT2D eigenvalue weighted by Gasteiger charge is 2.48. The van der Waals surface area contributed by atoms with E-state index in [-0.39, 0.29) is 11.2 Å². The number of phosphoric acid groups is 1. The van der Waals surface area contributed by atoms with Crippen molar-refractivity contribution in [1.82, 2.24) is 19.1 Å². The molecule has 0 saturated carbocycles. The quantitative estimate of drug-likeness (QED) is 0.346. The van der Waals surface area contributed by atoms with Crippen molar-refractivity contribution >= 4 is 19.0 Å². The van der Waals surface area contributed by atoms with Crippen molar-refractivity contribution in [2.24, 2.45) is 7.05 Å². The lowest BCUT2D eigenvalue weighted by Crippen LogP contribution is -2.35. The molecule has 13 nitrogen and oxygen atoms in total. The van der Waals surface area contributed by atoms with E-state index in [1.807, 2.05) is 0 Å². The average Bonchev–Trinajstić information content (AvgIpc) is 3.06. The summed E-state index contributed by atoms with van der Waals surface area (Å²) in [7, 11) is -3.71. The van der Waals surface area contributed by atoms with E-state index in [9.17, 15) is 24.4 Å². The summed E-state index contributed by atoms with van der Waals surface area (Å²) in [4.78, 5) is 47.9. The highest BCUT2D eigenvalue weighted by atomic mass is 31.2. The number of nitrogens with one attached hydrogen (secondary N) is 1. The van der Waals surface area contributed by atoms with E-state index in [1.54, 1.807) is 0 Å². The van der Waals surface area contributed by atoms with Crippen LogP contribution in [0.1, 0.15) is 6.23 Å². The third-order valence-electron chi connectivity index (χ3n) is 3.85. The van der Waals surface area contributed by atoms with Crippen LogP contribution in [0.15, 0.2) is 15.9 Å². The molecule has 2 aromatic heterocycles. The van der Waals surface area contributed by atoms with Crippen LogP contribution < -0.4 is 11.2 Å². The number of hydrogen-bond acceptors (Lipinski definition) is 8. The number of phosphoric ester groups is 1. The fourth-order valence-corrected chi connectivity index (χ4v) is 3.23. The van der Waals surface area contributed by atoms with Gasteiger partial charge in [-0.15, -0.1) is 0 Å². The molecule has 0 aromatic carbocycles. The monoisotopic (exact) mass is 378 g/mol. The lowest BCUT2D eigenvalue weighted by molar-refractivity contribution is -0.0509. The molecule has 5 N–H and O–H groups in total. The van der Waals surface area contributed by atoms with Gasteiger partial charge in [-0.3, -0.25) is 23.4 Å². The summed E-state index contributed by atoms with van der Waals surface area (Å²) in [6.07, 6.45) is -4.59. The number of H-pyrrole nitrogens is 1. The zero-order valence-corrected chi connectivity index (χ0v) is 13.6. The summed E-state index contributed by atoms with van der Waals surface area (Å²) >= 11 is 0. The lowest BCUT2D eigenvalue weighted by Gasteiger charge is -2.20. The van der Waals surface area contributed by atoms with E-state index in [2.05, 4.69) is 14.5 Å². The van der Waals surface area contributed by atoms with E-state index >= 15 is 0 Å². The Hall–Kier alpha value is -1.86. The number of aromatic amines is 1. The molecule has 0 radical (unpaired) electrons. The summed E-state index contributed by atoms with van der Waals surface area (Å²) in [5.74, 6) is 0. The van der Waals surface area contributed by atoms with Crippen LogP contribution in [0.4, 0.5) is 0 Å². The Morgan fingerprint density at radius 3 is 2.72 bits per heavy atom. The Labute approximate surface area is 138 Å². The molecule has 0 unspecified atom stereocenters.